The Morgan fingerprint density at radius 3 is 3.00 bits per heavy atom. The van der Waals surface area contributed by atoms with Crippen LogP contribution in [0, 0.1) is 6.92 Å². The maximum atomic E-state index is 10.4. The molecule has 0 fully saturated rings. The molecular formula is C11H10ClNO2S2. The van der Waals surface area contributed by atoms with Gasteiger partial charge in [-0.15, -0.1) is 11.3 Å². The molecule has 0 amide bonds. The van der Waals surface area contributed by atoms with E-state index in [0.717, 1.165) is 20.1 Å². The lowest BCUT2D eigenvalue weighted by molar-refractivity contribution is -0.136. The smallest absolute Gasteiger partial charge is 0.304 e. The van der Waals surface area contributed by atoms with Crippen LogP contribution >= 0.6 is 34.7 Å². The third kappa shape index (κ3) is 2.91. The average molecular weight is 288 g/mol. The maximum absolute atomic E-state index is 10.4. The number of carboxylic acid groups (broad SMARTS) is 1. The summed E-state index contributed by atoms with van der Waals surface area (Å²) in [5.74, 6) is -0.251. The predicted octanol–water partition coefficient (Wildman–Crippen LogP) is 3.82. The molecule has 2 aromatic rings. The second-order valence-electron chi connectivity index (χ2n) is 3.51. The standard InChI is InChI=1S/C11H10ClNO2S2/c1-6-2-3-7(12)10-9(6)13-11(17-10)16-5-4-8(14)15/h2-3H,4-5H2,1H3,(H,14,15). The quantitative estimate of drug-likeness (QED) is 0.869. The molecule has 1 N–H and O–H groups in total. The third-order valence-electron chi connectivity index (χ3n) is 2.22. The molecule has 0 aliphatic carbocycles. The molecular weight excluding hydrogens is 278 g/mol. The summed E-state index contributed by atoms with van der Waals surface area (Å²) in [6.45, 7) is 1.99. The van der Waals surface area contributed by atoms with Crippen molar-refractivity contribution >= 4 is 50.9 Å². The van der Waals surface area contributed by atoms with E-state index >= 15 is 0 Å². The molecule has 0 aliphatic heterocycles. The molecule has 6 heteroatoms. The van der Waals surface area contributed by atoms with E-state index in [9.17, 15) is 4.79 Å². The highest BCUT2D eigenvalue weighted by atomic mass is 35.5. The highest BCUT2D eigenvalue weighted by Crippen LogP contribution is 2.35. The van der Waals surface area contributed by atoms with Crippen LogP contribution in [0.2, 0.25) is 5.02 Å². The van der Waals surface area contributed by atoms with Crippen molar-refractivity contribution in [2.75, 3.05) is 5.75 Å². The molecule has 0 spiro atoms. The van der Waals surface area contributed by atoms with Gasteiger partial charge in [-0.2, -0.15) is 0 Å². The van der Waals surface area contributed by atoms with Crippen molar-refractivity contribution in [1.29, 1.82) is 0 Å². The van der Waals surface area contributed by atoms with Gasteiger partial charge in [0.1, 0.15) is 0 Å². The molecule has 90 valence electrons. The second-order valence-corrected chi connectivity index (χ2v) is 6.26. The zero-order valence-corrected chi connectivity index (χ0v) is 11.5. The van der Waals surface area contributed by atoms with Crippen LogP contribution in [0.1, 0.15) is 12.0 Å². The van der Waals surface area contributed by atoms with Gasteiger partial charge < -0.3 is 5.11 Å². The number of halogens is 1. The number of rotatable bonds is 4. The maximum Gasteiger partial charge on any atom is 0.304 e. The Labute approximate surface area is 112 Å². The molecule has 2 rings (SSSR count). The normalized spacial score (nSPS) is 10.9. The predicted molar refractivity (Wildman–Crippen MR) is 72.3 cm³/mol. The van der Waals surface area contributed by atoms with Gasteiger partial charge in [0.25, 0.3) is 0 Å². The molecule has 1 heterocycles. The number of aryl methyl sites for hydroxylation is 1. The van der Waals surface area contributed by atoms with Crippen molar-refractivity contribution in [3.05, 3.63) is 22.7 Å². The molecule has 0 saturated heterocycles. The van der Waals surface area contributed by atoms with Crippen molar-refractivity contribution < 1.29 is 9.90 Å². The Balaban J connectivity index is 2.23. The largest absolute Gasteiger partial charge is 0.481 e. The molecule has 3 nitrogen and oxygen atoms in total. The fourth-order valence-corrected chi connectivity index (χ4v) is 3.76. The lowest BCUT2D eigenvalue weighted by Crippen LogP contribution is -1.95. The Morgan fingerprint density at radius 2 is 2.35 bits per heavy atom. The molecule has 1 aromatic carbocycles. The summed E-state index contributed by atoms with van der Waals surface area (Å²) in [7, 11) is 0. The van der Waals surface area contributed by atoms with Gasteiger partial charge in [0.2, 0.25) is 0 Å². The van der Waals surface area contributed by atoms with Crippen LogP contribution in [-0.4, -0.2) is 21.8 Å². The monoisotopic (exact) mass is 287 g/mol. The van der Waals surface area contributed by atoms with Crippen LogP contribution in [-0.2, 0) is 4.79 Å². The summed E-state index contributed by atoms with van der Waals surface area (Å²) < 4.78 is 1.85. The minimum absolute atomic E-state index is 0.146. The van der Waals surface area contributed by atoms with E-state index in [4.69, 9.17) is 16.7 Å². The van der Waals surface area contributed by atoms with E-state index in [0.29, 0.717) is 10.8 Å². The molecule has 17 heavy (non-hydrogen) atoms. The van der Waals surface area contributed by atoms with E-state index in [2.05, 4.69) is 4.98 Å². The summed E-state index contributed by atoms with van der Waals surface area (Å²) in [4.78, 5) is 14.9. The number of aliphatic carboxylic acids is 1. The van der Waals surface area contributed by atoms with E-state index in [1.54, 1.807) is 0 Å². The van der Waals surface area contributed by atoms with Gasteiger partial charge in [0.15, 0.2) is 4.34 Å². The molecule has 0 bridgehead atoms. The van der Waals surface area contributed by atoms with Crippen LogP contribution in [0.25, 0.3) is 10.2 Å². The first-order valence-electron chi connectivity index (χ1n) is 4.98. The van der Waals surface area contributed by atoms with Crippen LogP contribution in [0.5, 0.6) is 0 Å². The first kappa shape index (κ1) is 12.7. The van der Waals surface area contributed by atoms with Gasteiger partial charge in [-0.3, -0.25) is 4.79 Å². The molecule has 0 unspecified atom stereocenters. The lowest BCUT2D eigenvalue weighted by Gasteiger charge is -1.94. The van der Waals surface area contributed by atoms with Crippen molar-refractivity contribution in [3.8, 4) is 0 Å². The Hall–Kier alpha value is -0.780. The summed E-state index contributed by atoms with van der Waals surface area (Å²) in [6, 6.07) is 3.80. The number of fused-ring (bicyclic) bond motifs is 1. The number of carbonyl (C=O) groups is 1. The highest BCUT2D eigenvalue weighted by molar-refractivity contribution is 8.01. The van der Waals surface area contributed by atoms with Gasteiger partial charge in [-0.05, 0) is 18.6 Å². The molecule has 0 saturated carbocycles. The van der Waals surface area contributed by atoms with E-state index in [-0.39, 0.29) is 6.42 Å². The zero-order chi connectivity index (χ0) is 12.4. The Kier molecular flexibility index (Phi) is 3.91. The fourth-order valence-electron chi connectivity index (χ4n) is 1.37. The van der Waals surface area contributed by atoms with E-state index in [1.165, 1.54) is 23.1 Å². The number of aromatic nitrogens is 1. The topological polar surface area (TPSA) is 50.2 Å². The zero-order valence-electron chi connectivity index (χ0n) is 9.07. The summed E-state index contributed by atoms with van der Waals surface area (Å²) in [6.07, 6.45) is 0.146. The molecule has 0 aliphatic rings. The Morgan fingerprint density at radius 1 is 1.59 bits per heavy atom. The van der Waals surface area contributed by atoms with E-state index < -0.39 is 5.97 Å². The molecule has 0 atom stereocenters. The number of hydrogen-bond acceptors (Lipinski definition) is 4. The number of thiazole rings is 1. The van der Waals surface area contributed by atoms with Gasteiger partial charge in [-0.1, -0.05) is 29.4 Å². The van der Waals surface area contributed by atoms with Crippen LogP contribution in [0.4, 0.5) is 0 Å². The highest BCUT2D eigenvalue weighted by Gasteiger charge is 2.10. The molecule has 1 aromatic heterocycles. The van der Waals surface area contributed by atoms with Crippen molar-refractivity contribution in [2.45, 2.75) is 17.7 Å². The molecule has 0 radical (unpaired) electrons. The summed E-state index contributed by atoms with van der Waals surface area (Å²) in [5.41, 5.74) is 2.01. The SMILES string of the molecule is Cc1ccc(Cl)c2sc(SCCC(=O)O)nc12. The second kappa shape index (κ2) is 5.25. The van der Waals surface area contributed by atoms with Gasteiger partial charge in [0.05, 0.1) is 21.7 Å². The van der Waals surface area contributed by atoms with Gasteiger partial charge in [-0.25, -0.2) is 4.98 Å². The first-order valence-corrected chi connectivity index (χ1v) is 7.16. The van der Waals surface area contributed by atoms with Crippen molar-refractivity contribution in [1.82, 2.24) is 4.98 Å². The van der Waals surface area contributed by atoms with Crippen molar-refractivity contribution in [2.24, 2.45) is 0 Å². The van der Waals surface area contributed by atoms with Crippen LogP contribution in [0.3, 0.4) is 0 Å². The number of nitrogens with zero attached hydrogens (tertiary/aromatic N) is 1. The minimum atomic E-state index is -0.784. The third-order valence-corrected chi connectivity index (χ3v) is 4.88. The summed E-state index contributed by atoms with van der Waals surface area (Å²) >= 11 is 9.07. The number of hydrogen-bond donors (Lipinski definition) is 1. The number of carboxylic acids is 1. The first-order chi connectivity index (χ1) is 8.08. The van der Waals surface area contributed by atoms with Gasteiger partial charge >= 0.3 is 5.97 Å². The minimum Gasteiger partial charge on any atom is -0.481 e. The van der Waals surface area contributed by atoms with E-state index in [1.807, 2.05) is 19.1 Å². The average Bonchev–Trinajstić information content (AvgIpc) is 2.68. The number of thioether (sulfide) groups is 1. The summed E-state index contributed by atoms with van der Waals surface area (Å²) in [5, 5.41) is 9.27. The number of benzene rings is 1. The van der Waals surface area contributed by atoms with Crippen LogP contribution in [0.15, 0.2) is 16.5 Å². The van der Waals surface area contributed by atoms with Crippen molar-refractivity contribution in [3.63, 3.8) is 0 Å². The Bertz CT molecular complexity index is 529. The fraction of sp³-hybridized carbons (Fsp3) is 0.273. The van der Waals surface area contributed by atoms with Crippen LogP contribution < -0.4 is 0 Å². The lowest BCUT2D eigenvalue weighted by atomic mass is 10.2. The van der Waals surface area contributed by atoms with Gasteiger partial charge in [0, 0.05) is 5.75 Å².